The predicted octanol–water partition coefficient (Wildman–Crippen LogP) is 2.38. The Bertz CT molecular complexity index is 687. The summed E-state index contributed by atoms with van der Waals surface area (Å²) < 4.78 is 4.19. The van der Waals surface area contributed by atoms with Crippen molar-refractivity contribution in [1.82, 2.24) is 24.6 Å². The van der Waals surface area contributed by atoms with Crippen LogP contribution in [-0.4, -0.2) is 37.0 Å². The molecule has 0 spiro atoms. The molecule has 0 aliphatic heterocycles. The van der Waals surface area contributed by atoms with E-state index in [4.69, 9.17) is 0 Å². The van der Waals surface area contributed by atoms with E-state index in [9.17, 15) is 4.79 Å². The summed E-state index contributed by atoms with van der Waals surface area (Å²) >= 11 is 1.47. The maximum Gasteiger partial charge on any atom is 0.230 e. The third kappa shape index (κ3) is 4.01. The summed E-state index contributed by atoms with van der Waals surface area (Å²) in [6.07, 6.45) is 7.46. The Labute approximate surface area is 147 Å². The molecule has 24 heavy (non-hydrogen) atoms. The van der Waals surface area contributed by atoms with E-state index in [1.807, 2.05) is 19.3 Å². The predicted molar refractivity (Wildman–Crippen MR) is 95.0 cm³/mol. The first kappa shape index (κ1) is 17.1. The number of nitrogens with one attached hydrogen (secondary N) is 1. The molecule has 1 aliphatic carbocycles. The Morgan fingerprint density at radius 1 is 1.38 bits per heavy atom. The van der Waals surface area contributed by atoms with Crippen LogP contribution in [0.5, 0.6) is 0 Å². The molecule has 6 nitrogen and oxygen atoms in total. The molecule has 0 aromatic carbocycles. The lowest BCUT2D eigenvalue weighted by Gasteiger charge is -2.12. The molecule has 1 fully saturated rings. The van der Waals surface area contributed by atoms with Gasteiger partial charge in [-0.15, -0.1) is 10.2 Å². The zero-order valence-corrected chi connectivity index (χ0v) is 15.2. The number of nitrogens with zero attached hydrogens (tertiary/aromatic N) is 4. The fourth-order valence-electron chi connectivity index (χ4n) is 3.19. The Hall–Kier alpha value is -1.76. The maximum atomic E-state index is 12.1. The van der Waals surface area contributed by atoms with Gasteiger partial charge >= 0.3 is 0 Å². The minimum Gasteiger partial charge on any atom is -0.354 e. The lowest BCUT2D eigenvalue weighted by molar-refractivity contribution is -0.119. The Kier molecular flexibility index (Phi) is 5.60. The largest absolute Gasteiger partial charge is 0.354 e. The van der Waals surface area contributed by atoms with Crippen molar-refractivity contribution in [3.63, 3.8) is 0 Å². The number of amides is 1. The van der Waals surface area contributed by atoms with E-state index in [1.165, 1.54) is 30.3 Å². The topological polar surface area (TPSA) is 64.7 Å². The van der Waals surface area contributed by atoms with Crippen LogP contribution < -0.4 is 5.32 Å². The average molecular weight is 347 g/mol. The van der Waals surface area contributed by atoms with Gasteiger partial charge in [0.05, 0.1) is 5.75 Å². The molecule has 2 aromatic rings. The highest BCUT2D eigenvalue weighted by Crippen LogP contribution is 2.20. The van der Waals surface area contributed by atoms with E-state index in [-0.39, 0.29) is 5.91 Å². The second kappa shape index (κ2) is 7.88. The van der Waals surface area contributed by atoms with Gasteiger partial charge < -0.3 is 14.5 Å². The van der Waals surface area contributed by atoms with Crippen molar-refractivity contribution in [2.45, 2.75) is 56.8 Å². The van der Waals surface area contributed by atoms with Gasteiger partial charge in [0.15, 0.2) is 5.16 Å². The second-order valence-corrected chi connectivity index (χ2v) is 7.21. The fraction of sp³-hybridized carbons (Fsp3) is 0.588. The van der Waals surface area contributed by atoms with Crippen molar-refractivity contribution in [2.24, 2.45) is 7.05 Å². The molecule has 2 heterocycles. The number of aromatic nitrogens is 4. The molecular weight excluding hydrogens is 322 g/mol. The molecule has 0 saturated heterocycles. The molecule has 2 aromatic heterocycles. The van der Waals surface area contributed by atoms with Crippen molar-refractivity contribution < 1.29 is 4.79 Å². The zero-order valence-electron chi connectivity index (χ0n) is 14.4. The van der Waals surface area contributed by atoms with E-state index in [0.29, 0.717) is 11.8 Å². The van der Waals surface area contributed by atoms with Crippen molar-refractivity contribution >= 4 is 17.7 Å². The number of hydrogen-bond acceptors (Lipinski definition) is 4. The van der Waals surface area contributed by atoms with Gasteiger partial charge in [-0.3, -0.25) is 4.79 Å². The Morgan fingerprint density at radius 3 is 2.83 bits per heavy atom. The van der Waals surface area contributed by atoms with E-state index in [2.05, 4.69) is 37.6 Å². The zero-order chi connectivity index (χ0) is 16.9. The summed E-state index contributed by atoms with van der Waals surface area (Å²) in [5.41, 5.74) is 1.20. The summed E-state index contributed by atoms with van der Waals surface area (Å²) in [5, 5.41) is 12.6. The Morgan fingerprint density at radius 2 is 2.17 bits per heavy atom. The number of carbonyl (C=O) groups is 1. The van der Waals surface area contributed by atoms with Crippen LogP contribution in [0.4, 0.5) is 0 Å². The van der Waals surface area contributed by atoms with Crippen LogP contribution in [0.1, 0.15) is 44.1 Å². The first-order valence-corrected chi connectivity index (χ1v) is 9.60. The summed E-state index contributed by atoms with van der Waals surface area (Å²) in [7, 11) is 2.03. The standard InChI is InChI=1S/C17H25N5OS/c1-3-22-15(11-14-9-6-10-21(14)2)19-20-17(22)24-12-16(23)18-13-7-4-5-8-13/h6,9-10,13H,3-5,7-8,11-12H2,1-2H3,(H,18,23). The number of rotatable bonds is 7. The van der Waals surface area contributed by atoms with E-state index >= 15 is 0 Å². The summed E-state index contributed by atoms with van der Waals surface area (Å²) in [6.45, 7) is 2.89. The lowest BCUT2D eigenvalue weighted by Crippen LogP contribution is -2.33. The molecule has 3 rings (SSSR count). The van der Waals surface area contributed by atoms with Crippen molar-refractivity contribution in [3.8, 4) is 0 Å². The smallest absolute Gasteiger partial charge is 0.230 e. The van der Waals surface area contributed by atoms with Crippen LogP contribution in [0.15, 0.2) is 23.5 Å². The van der Waals surface area contributed by atoms with Crippen LogP contribution in [0.25, 0.3) is 0 Å². The quantitative estimate of drug-likeness (QED) is 0.781. The van der Waals surface area contributed by atoms with E-state index in [1.54, 1.807) is 0 Å². The van der Waals surface area contributed by atoms with Crippen LogP contribution in [0.2, 0.25) is 0 Å². The molecule has 1 aliphatic rings. The third-order valence-electron chi connectivity index (χ3n) is 4.55. The molecule has 130 valence electrons. The highest BCUT2D eigenvalue weighted by molar-refractivity contribution is 7.99. The molecule has 1 N–H and O–H groups in total. The van der Waals surface area contributed by atoms with Gasteiger partial charge in [0.25, 0.3) is 0 Å². The van der Waals surface area contributed by atoms with Crippen molar-refractivity contribution in [3.05, 3.63) is 29.8 Å². The minimum absolute atomic E-state index is 0.0986. The number of hydrogen-bond donors (Lipinski definition) is 1. The molecule has 0 bridgehead atoms. The minimum atomic E-state index is 0.0986. The van der Waals surface area contributed by atoms with Gasteiger partial charge in [0.2, 0.25) is 5.91 Å². The van der Waals surface area contributed by atoms with Gasteiger partial charge in [-0.25, -0.2) is 0 Å². The summed E-state index contributed by atoms with van der Waals surface area (Å²) in [4.78, 5) is 12.1. The van der Waals surface area contributed by atoms with Crippen molar-refractivity contribution in [1.29, 1.82) is 0 Å². The van der Waals surface area contributed by atoms with Crippen LogP contribution in [0.3, 0.4) is 0 Å². The van der Waals surface area contributed by atoms with Crippen molar-refractivity contribution in [2.75, 3.05) is 5.75 Å². The molecular formula is C17H25N5OS. The molecule has 7 heteroatoms. The summed E-state index contributed by atoms with van der Waals surface area (Å²) in [5.74, 6) is 1.44. The van der Waals surface area contributed by atoms with Crippen LogP contribution in [0, 0.1) is 0 Å². The molecule has 0 atom stereocenters. The number of thioether (sulfide) groups is 1. The number of aryl methyl sites for hydroxylation is 1. The number of carbonyl (C=O) groups excluding carboxylic acids is 1. The van der Waals surface area contributed by atoms with Gasteiger partial charge in [0.1, 0.15) is 5.82 Å². The lowest BCUT2D eigenvalue weighted by atomic mass is 10.2. The normalized spacial score (nSPS) is 15.1. The molecule has 1 saturated carbocycles. The summed E-state index contributed by atoms with van der Waals surface area (Å²) in [6, 6.07) is 4.50. The third-order valence-corrected chi connectivity index (χ3v) is 5.52. The first-order valence-electron chi connectivity index (χ1n) is 8.61. The van der Waals surface area contributed by atoms with Gasteiger partial charge in [-0.05, 0) is 31.9 Å². The Balaban J connectivity index is 1.59. The van der Waals surface area contributed by atoms with Gasteiger partial charge in [-0.2, -0.15) is 0 Å². The highest BCUT2D eigenvalue weighted by Gasteiger charge is 2.18. The molecule has 0 unspecified atom stereocenters. The molecule has 0 radical (unpaired) electrons. The average Bonchev–Trinajstić information content (AvgIpc) is 3.29. The van der Waals surface area contributed by atoms with Crippen LogP contribution >= 0.6 is 11.8 Å². The second-order valence-electron chi connectivity index (χ2n) is 6.27. The SMILES string of the molecule is CCn1c(Cc2cccn2C)nnc1SCC(=O)NC1CCCC1. The van der Waals surface area contributed by atoms with Gasteiger partial charge in [0, 0.05) is 37.9 Å². The van der Waals surface area contributed by atoms with E-state index in [0.717, 1.165) is 36.8 Å². The highest BCUT2D eigenvalue weighted by atomic mass is 32.2. The van der Waals surface area contributed by atoms with Crippen LogP contribution in [-0.2, 0) is 24.8 Å². The molecule has 1 amide bonds. The first-order chi connectivity index (χ1) is 11.7. The van der Waals surface area contributed by atoms with E-state index < -0.39 is 0 Å². The maximum absolute atomic E-state index is 12.1. The monoisotopic (exact) mass is 347 g/mol. The fourth-order valence-corrected chi connectivity index (χ4v) is 4.02. The van der Waals surface area contributed by atoms with Gasteiger partial charge in [-0.1, -0.05) is 24.6 Å².